The molecule has 2 aromatic heterocycles. The van der Waals surface area contributed by atoms with E-state index in [0.717, 1.165) is 35.1 Å². The van der Waals surface area contributed by atoms with Crippen LogP contribution >= 0.6 is 11.8 Å². The molecule has 0 atom stereocenters. The lowest BCUT2D eigenvalue weighted by Gasteiger charge is -2.10. The Hall–Kier alpha value is -2.61. The number of nitrogens with zero attached hydrogens (tertiary/aromatic N) is 4. The first-order valence-electron chi connectivity index (χ1n) is 8.49. The number of carbonyl (C=O) groups excluding carboxylic acids is 1. The van der Waals surface area contributed by atoms with Crippen molar-refractivity contribution in [3.05, 3.63) is 59.2 Å². The summed E-state index contributed by atoms with van der Waals surface area (Å²) in [5, 5.41) is 14.8. The van der Waals surface area contributed by atoms with Crippen LogP contribution in [-0.4, -0.2) is 37.4 Å². The molecule has 0 unspecified atom stereocenters. The maximum absolute atomic E-state index is 12.5. The zero-order valence-corrected chi connectivity index (χ0v) is 15.7. The molecule has 0 saturated carbocycles. The number of amides is 1. The van der Waals surface area contributed by atoms with E-state index in [1.165, 1.54) is 18.1 Å². The number of rotatable bonds is 8. The highest BCUT2D eigenvalue weighted by molar-refractivity contribution is 7.98. The minimum absolute atomic E-state index is 0.0489. The molecule has 3 aromatic rings. The Morgan fingerprint density at radius 1 is 1.31 bits per heavy atom. The van der Waals surface area contributed by atoms with Crippen molar-refractivity contribution in [3.8, 4) is 0 Å². The lowest BCUT2D eigenvalue weighted by Crippen LogP contribution is -2.26. The van der Waals surface area contributed by atoms with E-state index in [1.807, 2.05) is 42.8 Å². The maximum atomic E-state index is 12.5. The summed E-state index contributed by atoms with van der Waals surface area (Å²) in [6.07, 6.45) is 2.31. The minimum Gasteiger partial charge on any atom is -0.352 e. The topological polar surface area (TPSA) is 88.5 Å². The van der Waals surface area contributed by atoms with E-state index in [0.29, 0.717) is 17.9 Å². The SMILES string of the molecule is Cc1cc(C)n(CCCNC(=O)c2ccccc2CSc2ncn[nH]2)n1. The molecular weight excluding hydrogens is 348 g/mol. The van der Waals surface area contributed by atoms with Crippen LogP contribution in [0.3, 0.4) is 0 Å². The molecule has 0 bridgehead atoms. The van der Waals surface area contributed by atoms with E-state index >= 15 is 0 Å². The summed E-state index contributed by atoms with van der Waals surface area (Å²) in [4.78, 5) is 16.6. The summed E-state index contributed by atoms with van der Waals surface area (Å²) in [6, 6.07) is 9.70. The Morgan fingerprint density at radius 3 is 2.88 bits per heavy atom. The van der Waals surface area contributed by atoms with E-state index in [9.17, 15) is 4.79 Å². The third-order valence-electron chi connectivity index (χ3n) is 3.95. The summed E-state index contributed by atoms with van der Waals surface area (Å²) in [5.74, 6) is 0.608. The standard InChI is InChI=1S/C18H22N6OS/c1-13-10-14(2)24(23-13)9-5-8-19-17(25)16-7-4-3-6-15(16)11-26-18-20-12-21-22-18/h3-4,6-7,10,12H,5,8-9,11H2,1-2H3,(H,19,25)(H,20,21,22). The van der Waals surface area contributed by atoms with Crippen LogP contribution < -0.4 is 5.32 Å². The van der Waals surface area contributed by atoms with Crippen molar-refractivity contribution in [1.29, 1.82) is 0 Å². The van der Waals surface area contributed by atoms with E-state index < -0.39 is 0 Å². The first-order chi connectivity index (χ1) is 12.6. The fourth-order valence-electron chi connectivity index (χ4n) is 2.70. The molecule has 26 heavy (non-hydrogen) atoms. The molecule has 0 spiro atoms. The number of benzene rings is 1. The molecule has 1 amide bonds. The molecule has 3 rings (SSSR count). The van der Waals surface area contributed by atoms with Gasteiger partial charge < -0.3 is 5.32 Å². The third kappa shape index (κ3) is 4.72. The second kappa shape index (κ2) is 8.66. The van der Waals surface area contributed by atoms with Crippen LogP contribution in [0.5, 0.6) is 0 Å². The van der Waals surface area contributed by atoms with Gasteiger partial charge in [-0.15, -0.1) is 0 Å². The van der Waals surface area contributed by atoms with Crippen molar-refractivity contribution in [3.63, 3.8) is 0 Å². The maximum Gasteiger partial charge on any atom is 0.251 e. The molecular formula is C18H22N6OS. The average molecular weight is 370 g/mol. The zero-order valence-electron chi connectivity index (χ0n) is 14.9. The van der Waals surface area contributed by atoms with Gasteiger partial charge in [-0.05, 0) is 38.0 Å². The second-order valence-electron chi connectivity index (χ2n) is 6.00. The lowest BCUT2D eigenvalue weighted by atomic mass is 10.1. The van der Waals surface area contributed by atoms with Crippen LogP contribution in [0, 0.1) is 13.8 Å². The number of aryl methyl sites for hydroxylation is 3. The van der Waals surface area contributed by atoms with Gasteiger partial charge in [-0.25, -0.2) is 4.98 Å². The molecule has 0 radical (unpaired) electrons. The van der Waals surface area contributed by atoms with Gasteiger partial charge in [0.2, 0.25) is 0 Å². The summed E-state index contributed by atoms with van der Waals surface area (Å²) >= 11 is 1.52. The van der Waals surface area contributed by atoms with E-state index in [1.54, 1.807) is 0 Å². The van der Waals surface area contributed by atoms with Crippen LogP contribution in [0.4, 0.5) is 0 Å². The highest BCUT2D eigenvalue weighted by atomic mass is 32.2. The van der Waals surface area contributed by atoms with Gasteiger partial charge >= 0.3 is 0 Å². The molecule has 8 heteroatoms. The van der Waals surface area contributed by atoms with Crippen LogP contribution in [0.15, 0.2) is 41.8 Å². The Kier molecular flexibility index (Phi) is 6.06. The van der Waals surface area contributed by atoms with Gasteiger partial charge in [0.1, 0.15) is 6.33 Å². The predicted molar refractivity (Wildman–Crippen MR) is 101 cm³/mol. The molecule has 2 heterocycles. The average Bonchev–Trinajstić information content (AvgIpc) is 3.26. The highest BCUT2D eigenvalue weighted by Crippen LogP contribution is 2.21. The molecule has 0 aliphatic rings. The number of nitrogens with one attached hydrogen (secondary N) is 2. The van der Waals surface area contributed by atoms with Crippen molar-refractivity contribution in [2.24, 2.45) is 0 Å². The molecule has 0 aliphatic heterocycles. The third-order valence-corrected chi connectivity index (χ3v) is 4.88. The molecule has 0 aliphatic carbocycles. The van der Waals surface area contributed by atoms with Gasteiger partial charge in [0.25, 0.3) is 5.91 Å². The predicted octanol–water partition coefficient (Wildman–Crippen LogP) is 2.73. The lowest BCUT2D eigenvalue weighted by molar-refractivity contribution is 0.0952. The quantitative estimate of drug-likeness (QED) is 0.470. The van der Waals surface area contributed by atoms with E-state index in [2.05, 4.69) is 31.7 Å². The smallest absolute Gasteiger partial charge is 0.251 e. The molecule has 1 aromatic carbocycles. The van der Waals surface area contributed by atoms with Gasteiger partial charge in [0.05, 0.1) is 5.69 Å². The van der Waals surface area contributed by atoms with Gasteiger partial charge in [0, 0.05) is 30.1 Å². The van der Waals surface area contributed by atoms with Crippen LogP contribution in [-0.2, 0) is 12.3 Å². The first kappa shape index (κ1) is 18.2. The van der Waals surface area contributed by atoms with E-state index in [-0.39, 0.29) is 5.91 Å². The van der Waals surface area contributed by atoms with Crippen molar-refractivity contribution in [1.82, 2.24) is 30.3 Å². The Morgan fingerprint density at radius 2 is 2.15 bits per heavy atom. The zero-order chi connectivity index (χ0) is 18.4. The monoisotopic (exact) mass is 370 g/mol. The fraction of sp³-hybridized carbons (Fsp3) is 0.333. The number of aromatic nitrogens is 5. The second-order valence-corrected chi connectivity index (χ2v) is 6.96. The number of thioether (sulfide) groups is 1. The number of hydrogen-bond donors (Lipinski definition) is 2. The molecule has 7 nitrogen and oxygen atoms in total. The molecule has 0 saturated heterocycles. The Balaban J connectivity index is 1.51. The van der Waals surface area contributed by atoms with Gasteiger partial charge in [-0.1, -0.05) is 30.0 Å². The highest BCUT2D eigenvalue weighted by Gasteiger charge is 2.11. The fourth-order valence-corrected chi connectivity index (χ4v) is 3.49. The number of H-pyrrole nitrogens is 1. The van der Waals surface area contributed by atoms with Crippen molar-refractivity contribution < 1.29 is 4.79 Å². The molecule has 2 N–H and O–H groups in total. The van der Waals surface area contributed by atoms with Crippen LogP contribution in [0.1, 0.15) is 33.7 Å². The minimum atomic E-state index is -0.0489. The van der Waals surface area contributed by atoms with Crippen LogP contribution in [0.2, 0.25) is 0 Å². The van der Waals surface area contributed by atoms with Crippen molar-refractivity contribution in [2.75, 3.05) is 6.54 Å². The normalized spacial score (nSPS) is 10.8. The molecule has 136 valence electrons. The Labute approximate surface area is 156 Å². The van der Waals surface area contributed by atoms with Gasteiger partial charge in [-0.2, -0.15) is 10.2 Å². The molecule has 0 fully saturated rings. The number of carbonyl (C=O) groups is 1. The first-order valence-corrected chi connectivity index (χ1v) is 9.47. The van der Waals surface area contributed by atoms with Gasteiger partial charge in [-0.3, -0.25) is 14.6 Å². The largest absolute Gasteiger partial charge is 0.352 e. The van der Waals surface area contributed by atoms with E-state index in [4.69, 9.17) is 0 Å². The summed E-state index contributed by atoms with van der Waals surface area (Å²) in [6.45, 7) is 5.43. The summed E-state index contributed by atoms with van der Waals surface area (Å²) in [5.41, 5.74) is 3.84. The van der Waals surface area contributed by atoms with Crippen molar-refractivity contribution >= 4 is 17.7 Å². The van der Waals surface area contributed by atoms with Gasteiger partial charge in [0.15, 0.2) is 5.16 Å². The van der Waals surface area contributed by atoms with Crippen LogP contribution in [0.25, 0.3) is 0 Å². The number of aromatic amines is 1. The summed E-state index contributed by atoms with van der Waals surface area (Å²) in [7, 11) is 0. The number of hydrogen-bond acceptors (Lipinski definition) is 5. The Bertz CT molecular complexity index is 858. The van der Waals surface area contributed by atoms with Crippen molar-refractivity contribution in [2.45, 2.75) is 37.7 Å². The summed E-state index contributed by atoms with van der Waals surface area (Å²) < 4.78 is 1.98.